The van der Waals surface area contributed by atoms with Gasteiger partial charge in [0.25, 0.3) is 5.91 Å². The molecule has 0 atom stereocenters. The maximum Gasteiger partial charge on any atom is 0.270 e. The minimum Gasteiger partial charge on any atom is -0.494 e. The van der Waals surface area contributed by atoms with Crippen LogP contribution in [0.25, 0.3) is 16.8 Å². The first-order valence-corrected chi connectivity index (χ1v) is 9.88. The molecule has 0 radical (unpaired) electrons. The van der Waals surface area contributed by atoms with Crippen molar-refractivity contribution in [3.05, 3.63) is 77.2 Å². The highest BCUT2D eigenvalue weighted by molar-refractivity contribution is 8.27. The van der Waals surface area contributed by atoms with Gasteiger partial charge in [0.2, 0.25) is 0 Å². The maximum atomic E-state index is 13.0. The van der Waals surface area contributed by atoms with E-state index in [1.54, 1.807) is 4.90 Å². The van der Waals surface area contributed by atoms with Gasteiger partial charge in [0.1, 0.15) is 5.75 Å². The Hall–Kier alpha value is -2.63. The molecule has 1 saturated heterocycles. The van der Waals surface area contributed by atoms with Gasteiger partial charge in [0.05, 0.1) is 17.2 Å². The Morgan fingerprint density at radius 3 is 2.56 bits per heavy atom. The Balaban J connectivity index is 1.67. The molecule has 1 aliphatic heterocycles. The smallest absolute Gasteiger partial charge is 0.270 e. The molecule has 1 aliphatic rings. The van der Waals surface area contributed by atoms with Gasteiger partial charge in [-0.15, -0.1) is 0 Å². The van der Waals surface area contributed by atoms with Gasteiger partial charge in [-0.25, -0.2) is 0 Å². The van der Waals surface area contributed by atoms with Crippen molar-refractivity contribution in [3.8, 4) is 5.75 Å². The van der Waals surface area contributed by atoms with Crippen molar-refractivity contribution >= 4 is 56.7 Å². The molecule has 0 bridgehead atoms. The number of amides is 1. The topological polar surface area (TPSA) is 29.5 Å². The number of ether oxygens (including phenoxy) is 1. The fourth-order valence-electron chi connectivity index (χ4n) is 3.07. The molecule has 4 rings (SSSR count). The van der Waals surface area contributed by atoms with Crippen molar-refractivity contribution in [2.75, 3.05) is 11.5 Å². The van der Waals surface area contributed by atoms with Gasteiger partial charge in [-0.1, -0.05) is 66.4 Å². The lowest BCUT2D eigenvalue weighted by Gasteiger charge is -2.15. The lowest BCUT2D eigenvalue weighted by molar-refractivity contribution is -0.113. The first-order valence-electron chi connectivity index (χ1n) is 8.66. The number of hydrogen-bond acceptors (Lipinski definition) is 4. The number of carbonyl (C=O) groups excluding carboxylic acids is 1. The molecule has 134 valence electrons. The third-order valence-electron chi connectivity index (χ3n) is 4.31. The van der Waals surface area contributed by atoms with Crippen LogP contribution in [0.1, 0.15) is 12.5 Å². The van der Waals surface area contributed by atoms with E-state index in [1.807, 2.05) is 61.5 Å². The lowest BCUT2D eigenvalue weighted by Crippen LogP contribution is -2.27. The van der Waals surface area contributed by atoms with Crippen molar-refractivity contribution < 1.29 is 9.53 Å². The van der Waals surface area contributed by atoms with Gasteiger partial charge in [-0.05, 0) is 53.6 Å². The third kappa shape index (κ3) is 3.48. The molecular formula is C22H17NO2S2. The summed E-state index contributed by atoms with van der Waals surface area (Å²) in [6.07, 6.45) is 1.93. The van der Waals surface area contributed by atoms with Crippen molar-refractivity contribution in [3.63, 3.8) is 0 Å². The second-order valence-corrected chi connectivity index (χ2v) is 7.69. The van der Waals surface area contributed by atoms with E-state index in [0.717, 1.165) is 27.8 Å². The molecule has 1 fully saturated rings. The summed E-state index contributed by atoms with van der Waals surface area (Å²) in [6, 6.07) is 21.7. The summed E-state index contributed by atoms with van der Waals surface area (Å²) in [5.41, 5.74) is 1.77. The minimum atomic E-state index is -0.0953. The van der Waals surface area contributed by atoms with Crippen LogP contribution in [0, 0.1) is 0 Å². The second-order valence-electron chi connectivity index (χ2n) is 6.01. The van der Waals surface area contributed by atoms with Crippen molar-refractivity contribution in [1.29, 1.82) is 0 Å². The average Bonchev–Trinajstić information content (AvgIpc) is 2.96. The number of anilines is 1. The zero-order chi connectivity index (χ0) is 18.8. The highest BCUT2D eigenvalue weighted by atomic mass is 32.2. The zero-order valence-electron chi connectivity index (χ0n) is 14.7. The number of carbonyl (C=O) groups is 1. The quantitative estimate of drug-likeness (QED) is 0.425. The van der Waals surface area contributed by atoms with Crippen LogP contribution in [0.2, 0.25) is 0 Å². The highest BCUT2D eigenvalue weighted by Crippen LogP contribution is 2.37. The van der Waals surface area contributed by atoms with E-state index in [2.05, 4.69) is 18.2 Å². The van der Waals surface area contributed by atoms with E-state index >= 15 is 0 Å². The standard InChI is InChI=1S/C22H17NO2S2/c1-2-25-18-12-10-17(11-13-18)23-21(24)20(27-22(23)26)14-16-8-5-7-15-6-3-4-9-19(15)16/h3-14H,2H2,1H3/b20-14-. The lowest BCUT2D eigenvalue weighted by atomic mass is 10.0. The van der Waals surface area contributed by atoms with Crippen LogP contribution >= 0.6 is 24.0 Å². The molecule has 1 amide bonds. The van der Waals surface area contributed by atoms with Gasteiger partial charge < -0.3 is 4.74 Å². The summed E-state index contributed by atoms with van der Waals surface area (Å²) < 4.78 is 6.00. The summed E-state index contributed by atoms with van der Waals surface area (Å²) in [4.78, 5) is 15.2. The SMILES string of the molecule is CCOc1ccc(N2C(=O)/C(=C/c3cccc4ccccc34)SC2=S)cc1. The number of fused-ring (bicyclic) bond motifs is 1. The Kier molecular flexibility index (Phi) is 4.97. The highest BCUT2D eigenvalue weighted by Gasteiger charge is 2.33. The number of thioether (sulfide) groups is 1. The fourth-order valence-corrected chi connectivity index (χ4v) is 4.36. The molecule has 5 heteroatoms. The minimum absolute atomic E-state index is 0.0953. The van der Waals surface area contributed by atoms with E-state index in [9.17, 15) is 4.79 Å². The van der Waals surface area contributed by atoms with Crippen LogP contribution in [0.15, 0.2) is 71.6 Å². The third-order valence-corrected chi connectivity index (χ3v) is 5.61. The first kappa shape index (κ1) is 17.8. The predicted octanol–water partition coefficient (Wildman–Crippen LogP) is 5.64. The van der Waals surface area contributed by atoms with Crippen LogP contribution in [-0.2, 0) is 4.79 Å². The molecule has 0 spiro atoms. The van der Waals surface area contributed by atoms with E-state index in [0.29, 0.717) is 15.8 Å². The van der Waals surface area contributed by atoms with Crippen molar-refractivity contribution in [2.24, 2.45) is 0 Å². The molecule has 3 nitrogen and oxygen atoms in total. The molecule has 0 unspecified atom stereocenters. The number of benzene rings is 3. The van der Waals surface area contributed by atoms with Crippen molar-refractivity contribution in [2.45, 2.75) is 6.92 Å². The van der Waals surface area contributed by atoms with Crippen LogP contribution in [-0.4, -0.2) is 16.8 Å². The van der Waals surface area contributed by atoms with Gasteiger partial charge in [-0.3, -0.25) is 9.69 Å². The Morgan fingerprint density at radius 2 is 1.78 bits per heavy atom. The van der Waals surface area contributed by atoms with E-state index in [4.69, 9.17) is 17.0 Å². The monoisotopic (exact) mass is 391 g/mol. The Labute approximate surface area is 167 Å². The number of nitrogens with zero attached hydrogens (tertiary/aromatic N) is 1. The molecule has 3 aromatic carbocycles. The van der Waals surface area contributed by atoms with Gasteiger partial charge in [0.15, 0.2) is 4.32 Å². The first-order chi connectivity index (χ1) is 13.2. The largest absolute Gasteiger partial charge is 0.494 e. The second kappa shape index (κ2) is 7.55. The normalized spacial score (nSPS) is 15.7. The molecule has 0 N–H and O–H groups in total. The van der Waals surface area contributed by atoms with Gasteiger partial charge in [0, 0.05) is 0 Å². The fraction of sp³-hybridized carbons (Fsp3) is 0.0909. The molecular weight excluding hydrogens is 374 g/mol. The maximum absolute atomic E-state index is 13.0. The van der Waals surface area contributed by atoms with Crippen LogP contribution < -0.4 is 9.64 Å². The predicted molar refractivity (Wildman–Crippen MR) is 117 cm³/mol. The van der Waals surface area contributed by atoms with E-state index in [-0.39, 0.29) is 5.91 Å². The summed E-state index contributed by atoms with van der Waals surface area (Å²) >= 11 is 6.80. The Morgan fingerprint density at radius 1 is 1.04 bits per heavy atom. The molecule has 3 aromatic rings. The summed E-state index contributed by atoms with van der Waals surface area (Å²) in [6.45, 7) is 2.54. The van der Waals surface area contributed by atoms with E-state index < -0.39 is 0 Å². The zero-order valence-corrected chi connectivity index (χ0v) is 16.3. The number of rotatable bonds is 4. The molecule has 1 heterocycles. The van der Waals surface area contributed by atoms with Gasteiger partial charge in [-0.2, -0.15) is 0 Å². The summed E-state index contributed by atoms with van der Waals surface area (Å²) in [5.74, 6) is 0.681. The van der Waals surface area contributed by atoms with Crippen molar-refractivity contribution in [1.82, 2.24) is 0 Å². The Bertz CT molecular complexity index is 1050. The summed E-state index contributed by atoms with van der Waals surface area (Å²) in [5, 5.41) is 2.26. The molecule has 0 aromatic heterocycles. The molecule has 0 saturated carbocycles. The molecule has 0 aliphatic carbocycles. The van der Waals surface area contributed by atoms with Gasteiger partial charge >= 0.3 is 0 Å². The van der Waals surface area contributed by atoms with Crippen LogP contribution in [0.3, 0.4) is 0 Å². The number of hydrogen-bond donors (Lipinski definition) is 0. The average molecular weight is 392 g/mol. The molecule has 27 heavy (non-hydrogen) atoms. The van der Waals surface area contributed by atoms with E-state index in [1.165, 1.54) is 11.8 Å². The van der Waals surface area contributed by atoms with Crippen LogP contribution in [0.5, 0.6) is 5.75 Å². The summed E-state index contributed by atoms with van der Waals surface area (Å²) in [7, 11) is 0. The number of thiocarbonyl (C=S) groups is 1. The van der Waals surface area contributed by atoms with Crippen LogP contribution in [0.4, 0.5) is 5.69 Å².